The molecule has 1 N–H and O–H groups in total. The summed E-state index contributed by atoms with van der Waals surface area (Å²) in [6.45, 7) is 6.10. The van der Waals surface area contributed by atoms with Crippen molar-refractivity contribution in [3.63, 3.8) is 0 Å². The van der Waals surface area contributed by atoms with Crippen molar-refractivity contribution in [2.75, 3.05) is 19.8 Å². The summed E-state index contributed by atoms with van der Waals surface area (Å²) in [5, 5.41) is 3.25. The van der Waals surface area contributed by atoms with E-state index in [0.717, 1.165) is 25.9 Å². The van der Waals surface area contributed by atoms with Crippen LogP contribution in [0.3, 0.4) is 0 Å². The van der Waals surface area contributed by atoms with E-state index in [4.69, 9.17) is 9.47 Å². The van der Waals surface area contributed by atoms with Crippen molar-refractivity contribution in [1.29, 1.82) is 0 Å². The lowest BCUT2D eigenvalue weighted by atomic mass is 9.59. The van der Waals surface area contributed by atoms with Gasteiger partial charge in [-0.1, -0.05) is 62.4 Å². The molecule has 4 aliphatic rings. The Kier molecular flexibility index (Phi) is 5.85. The van der Waals surface area contributed by atoms with E-state index in [2.05, 4.69) is 67.7 Å². The first-order valence-corrected chi connectivity index (χ1v) is 11.8. The van der Waals surface area contributed by atoms with E-state index in [1.807, 2.05) is 0 Å². The van der Waals surface area contributed by atoms with Gasteiger partial charge in [0.05, 0.1) is 12.7 Å². The van der Waals surface area contributed by atoms with Gasteiger partial charge >= 0.3 is 0 Å². The second-order valence-electron chi connectivity index (χ2n) is 9.66. The summed E-state index contributed by atoms with van der Waals surface area (Å²) >= 11 is 0. The minimum Gasteiger partial charge on any atom is -0.376 e. The molecule has 6 rings (SSSR count). The Hall–Kier alpha value is -2.17. The maximum atomic E-state index is 13.1. The summed E-state index contributed by atoms with van der Waals surface area (Å²) in [6.07, 6.45) is 2.90. The Bertz CT molecular complexity index is 886. The van der Waals surface area contributed by atoms with Gasteiger partial charge < -0.3 is 14.8 Å². The first kappa shape index (κ1) is 20.7. The van der Waals surface area contributed by atoms with Crippen molar-refractivity contribution in [2.24, 2.45) is 11.8 Å². The van der Waals surface area contributed by atoms with E-state index in [1.165, 1.54) is 22.3 Å². The van der Waals surface area contributed by atoms with Gasteiger partial charge in [-0.25, -0.2) is 0 Å². The smallest absolute Gasteiger partial charge is 0.249 e. The fourth-order valence-electron chi connectivity index (χ4n) is 5.85. The largest absolute Gasteiger partial charge is 0.376 e. The van der Waals surface area contributed by atoms with Crippen molar-refractivity contribution in [1.82, 2.24) is 5.32 Å². The number of carbonyl (C=O) groups excluding carboxylic acids is 1. The van der Waals surface area contributed by atoms with Crippen LogP contribution in [-0.2, 0) is 14.3 Å². The fraction of sp³-hybridized carbons (Fsp3) is 0.519. The number of carbonyl (C=O) groups is 1. The molecule has 1 aliphatic heterocycles. The van der Waals surface area contributed by atoms with Crippen molar-refractivity contribution < 1.29 is 14.3 Å². The van der Waals surface area contributed by atoms with Crippen LogP contribution in [0.2, 0.25) is 0 Å². The van der Waals surface area contributed by atoms with Crippen molar-refractivity contribution in [3.8, 4) is 0 Å². The maximum absolute atomic E-state index is 13.1. The second-order valence-corrected chi connectivity index (χ2v) is 9.66. The Labute approximate surface area is 185 Å². The molecule has 4 nitrogen and oxygen atoms in total. The number of ether oxygens (including phenoxy) is 2. The Morgan fingerprint density at radius 3 is 2.29 bits per heavy atom. The molecule has 164 valence electrons. The summed E-state index contributed by atoms with van der Waals surface area (Å²) < 4.78 is 11.7. The highest BCUT2D eigenvalue weighted by Gasteiger charge is 2.43. The molecule has 0 radical (unpaired) electrons. The third-order valence-corrected chi connectivity index (χ3v) is 7.31. The van der Waals surface area contributed by atoms with E-state index in [-0.39, 0.29) is 17.9 Å². The molecule has 1 saturated heterocycles. The molecule has 0 spiro atoms. The Balaban J connectivity index is 1.29. The van der Waals surface area contributed by atoms with Crippen LogP contribution in [0.5, 0.6) is 0 Å². The predicted molar refractivity (Wildman–Crippen MR) is 121 cm³/mol. The number of hydrogen-bond acceptors (Lipinski definition) is 3. The molecule has 2 bridgehead atoms. The highest BCUT2D eigenvalue weighted by atomic mass is 16.5. The van der Waals surface area contributed by atoms with Crippen LogP contribution < -0.4 is 5.32 Å². The SMILES string of the molecule is CC(C)[C@H](OC[C@H]1CCCO1)C(=O)NC[C@@H]1CC2c3ccccc3C1c1ccccc12. The van der Waals surface area contributed by atoms with Gasteiger partial charge in [-0.3, -0.25) is 4.79 Å². The molecule has 0 unspecified atom stereocenters. The summed E-state index contributed by atoms with van der Waals surface area (Å²) in [6, 6.07) is 17.7. The van der Waals surface area contributed by atoms with Gasteiger partial charge in [-0.15, -0.1) is 0 Å². The molecule has 0 saturated carbocycles. The number of hydrogen-bond donors (Lipinski definition) is 1. The zero-order chi connectivity index (χ0) is 21.4. The minimum atomic E-state index is -0.426. The zero-order valence-electron chi connectivity index (χ0n) is 18.6. The average Bonchev–Trinajstić information content (AvgIpc) is 3.31. The van der Waals surface area contributed by atoms with Gasteiger partial charge in [-0.05, 0) is 53.4 Å². The second kappa shape index (κ2) is 8.76. The average molecular weight is 420 g/mol. The van der Waals surface area contributed by atoms with E-state index >= 15 is 0 Å². The molecule has 0 aromatic heterocycles. The molecule has 1 fully saturated rings. The third-order valence-electron chi connectivity index (χ3n) is 7.31. The lowest BCUT2D eigenvalue weighted by Gasteiger charge is -2.45. The molecular weight excluding hydrogens is 386 g/mol. The lowest BCUT2D eigenvalue weighted by Crippen LogP contribution is -2.45. The normalized spacial score (nSPS) is 27.1. The van der Waals surface area contributed by atoms with Gasteiger partial charge in [-0.2, -0.15) is 0 Å². The van der Waals surface area contributed by atoms with Crippen LogP contribution >= 0.6 is 0 Å². The van der Waals surface area contributed by atoms with E-state index in [9.17, 15) is 4.79 Å². The molecule has 2 aromatic rings. The Morgan fingerprint density at radius 1 is 1.06 bits per heavy atom. The fourth-order valence-corrected chi connectivity index (χ4v) is 5.85. The minimum absolute atomic E-state index is 0.0102. The number of fused-ring (bicyclic) bond motifs is 1. The van der Waals surface area contributed by atoms with E-state index in [0.29, 0.717) is 30.9 Å². The van der Waals surface area contributed by atoms with Gasteiger partial charge in [0.25, 0.3) is 0 Å². The Morgan fingerprint density at radius 2 is 1.71 bits per heavy atom. The van der Waals surface area contributed by atoms with Crippen LogP contribution in [-0.4, -0.2) is 37.9 Å². The lowest BCUT2D eigenvalue weighted by molar-refractivity contribution is -0.138. The first-order chi connectivity index (χ1) is 15.1. The highest BCUT2D eigenvalue weighted by Crippen LogP contribution is 2.55. The van der Waals surface area contributed by atoms with Gasteiger partial charge in [0.2, 0.25) is 5.91 Å². The maximum Gasteiger partial charge on any atom is 0.249 e. The van der Waals surface area contributed by atoms with E-state index < -0.39 is 6.10 Å². The van der Waals surface area contributed by atoms with Crippen LogP contribution in [0, 0.1) is 11.8 Å². The standard InChI is InChI=1S/C27H33NO3/c1-17(2)26(31-16-19-8-7-13-30-19)27(29)28-15-18-14-24-20-9-3-5-11-22(20)25(18)23-12-6-4-10-21(23)24/h3-6,9-12,17-19,24-26H,7-8,13-16H2,1-2H3,(H,28,29)/t18-,19+,24?,25?,26-/m0/s1. The third kappa shape index (κ3) is 3.92. The molecular formula is C27H33NO3. The summed E-state index contributed by atoms with van der Waals surface area (Å²) in [5.41, 5.74) is 5.81. The van der Waals surface area contributed by atoms with Crippen molar-refractivity contribution in [2.45, 2.75) is 57.2 Å². The molecule has 4 heteroatoms. The van der Waals surface area contributed by atoms with Gasteiger partial charge in [0, 0.05) is 25.0 Å². The van der Waals surface area contributed by atoms with Crippen LogP contribution in [0.15, 0.2) is 48.5 Å². The molecule has 2 aromatic carbocycles. The van der Waals surface area contributed by atoms with Crippen LogP contribution in [0.1, 0.15) is 67.2 Å². The molecule has 3 aliphatic carbocycles. The quantitative estimate of drug-likeness (QED) is 0.712. The predicted octanol–water partition coefficient (Wildman–Crippen LogP) is 4.62. The summed E-state index contributed by atoms with van der Waals surface area (Å²) in [7, 11) is 0. The summed E-state index contributed by atoms with van der Waals surface area (Å²) in [4.78, 5) is 13.1. The van der Waals surface area contributed by atoms with Crippen LogP contribution in [0.25, 0.3) is 0 Å². The first-order valence-electron chi connectivity index (χ1n) is 11.8. The van der Waals surface area contributed by atoms with E-state index in [1.54, 1.807) is 0 Å². The van der Waals surface area contributed by atoms with Crippen molar-refractivity contribution >= 4 is 5.91 Å². The molecule has 3 atom stereocenters. The topological polar surface area (TPSA) is 47.6 Å². The number of benzene rings is 2. The number of amides is 1. The van der Waals surface area contributed by atoms with Crippen LogP contribution in [0.4, 0.5) is 0 Å². The number of rotatable bonds is 7. The van der Waals surface area contributed by atoms with Gasteiger partial charge in [0.15, 0.2) is 0 Å². The zero-order valence-corrected chi connectivity index (χ0v) is 18.6. The van der Waals surface area contributed by atoms with Gasteiger partial charge in [0.1, 0.15) is 6.10 Å². The molecule has 1 amide bonds. The monoisotopic (exact) mass is 419 g/mol. The number of nitrogens with one attached hydrogen (secondary N) is 1. The molecule has 1 heterocycles. The molecule has 31 heavy (non-hydrogen) atoms. The van der Waals surface area contributed by atoms with Crippen molar-refractivity contribution in [3.05, 3.63) is 70.8 Å². The summed E-state index contributed by atoms with van der Waals surface area (Å²) in [5.74, 6) is 1.32. The highest BCUT2D eigenvalue weighted by molar-refractivity contribution is 5.81.